The molecule has 0 atom stereocenters. The summed E-state index contributed by atoms with van der Waals surface area (Å²) in [5, 5.41) is 10.7. The van der Waals surface area contributed by atoms with Gasteiger partial charge in [0.1, 0.15) is 11.3 Å². The van der Waals surface area contributed by atoms with Crippen LogP contribution in [0.1, 0.15) is 36.0 Å². The third kappa shape index (κ3) is 3.01. The highest BCUT2D eigenvalue weighted by molar-refractivity contribution is 5.93. The Bertz CT molecular complexity index is 494. The highest BCUT2D eigenvalue weighted by atomic mass is 16.6. The van der Waals surface area contributed by atoms with Gasteiger partial charge >= 0.3 is 5.97 Å². The summed E-state index contributed by atoms with van der Waals surface area (Å²) in [6, 6.07) is 3.98. The van der Waals surface area contributed by atoms with E-state index in [0.717, 1.165) is 25.7 Å². The van der Waals surface area contributed by atoms with Gasteiger partial charge in [0.15, 0.2) is 0 Å². The zero-order valence-corrected chi connectivity index (χ0v) is 10.6. The van der Waals surface area contributed by atoms with E-state index in [9.17, 15) is 14.9 Å². The minimum Gasteiger partial charge on any atom is -0.490 e. The largest absolute Gasteiger partial charge is 0.490 e. The molecule has 1 aromatic carbocycles. The first-order valence-corrected chi connectivity index (χ1v) is 6.15. The molecule has 6 nitrogen and oxygen atoms in total. The van der Waals surface area contributed by atoms with Crippen molar-refractivity contribution in [3.8, 4) is 5.75 Å². The molecular weight excluding hydrogens is 250 g/mol. The lowest BCUT2D eigenvalue weighted by Gasteiger charge is -2.15. The smallest absolute Gasteiger partial charge is 0.341 e. The molecule has 0 saturated heterocycles. The third-order valence-corrected chi connectivity index (χ3v) is 3.18. The van der Waals surface area contributed by atoms with Crippen LogP contribution in [-0.4, -0.2) is 24.1 Å². The van der Waals surface area contributed by atoms with Gasteiger partial charge in [-0.1, -0.05) is 0 Å². The van der Waals surface area contributed by atoms with Crippen LogP contribution in [0.5, 0.6) is 5.75 Å². The zero-order valence-electron chi connectivity index (χ0n) is 10.6. The SMILES string of the molecule is COC(=O)c1cc([N+](=O)[O-])ccc1OC1CCCC1. The molecule has 1 aromatic rings. The quantitative estimate of drug-likeness (QED) is 0.475. The molecule has 2 rings (SSSR count). The Morgan fingerprint density at radius 2 is 2.05 bits per heavy atom. The van der Waals surface area contributed by atoms with Crippen molar-refractivity contribution in [2.45, 2.75) is 31.8 Å². The molecule has 0 unspecified atom stereocenters. The van der Waals surface area contributed by atoms with Gasteiger partial charge < -0.3 is 9.47 Å². The molecule has 0 aliphatic heterocycles. The number of ether oxygens (including phenoxy) is 2. The van der Waals surface area contributed by atoms with E-state index >= 15 is 0 Å². The molecule has 0 N–H and O–H groups in total. The van der Waals surface area contributed by atoms with Crippen molar-refractivity contribution in [2.75, 3.05) is 7.11 Å². The molecule has 0 bridgehead atoms. The first kappa shape index (κ1) is 13.3. The molecule has 0 spiro atoms. The first-order chi connectivity index (χ1) is 9.11. The van der Waals surface area contributed by atoms with Gasteiger partial charge in [0.2, 0.25) is 0 Å². The number of benzene rings is 1. The summed E-state index contributed by atoms with van der Waals surface area (Å²) in [7, 11) is 1.24. The van der Waals surface area contributed by atoms with Crippen LogP contribution in [0.4, 0.5) is 5.69 Å². The maximum absolute atomic E-state index is 11.7. The molecule has 1 aliphatic carbocycles. The predicted octanol–water partition coefficient (Wildman–Crippen LogP) is 2.70. The molecular formula is C13H15NO5. The van der Waals surface area contributed by atoms with E-state index in [1.165, 1.54) is 25.3 Å². The molecule has 0 heterocycles. The molecule has 19 heavy (non-hydrogen) atoms. The van der Waals surface area contributed by atoms with Crippen molar-refractivity contribution in [1.29, 1.82) is 0 Å². The highest BCUT2D eigenvalue weighted by Gasteiger charge is 2.22. The van der Waals surface area contributed by atoms with Gasteiger partial charge in [0.05, 0.1) is 18.1 Å². The van der Waals surface area contributed by atoms with Gasteiger partial charge in [0.25, 0.3) is 5.69 Å². The lowest BCUT2D eigenvalue weighted by molar-refractivity contribution is -0.384. The third-order valence-electron chi connectivity index (χ3n) is 3.18. The van der Waals surface area contributed by atoms with Crippen molar-refractivity contribution < 1.29 is 19.2 Å². The van der Waals surface area contributed by atoms with Crippen molar-refractivity contribution >= 4 is 11.7 Å². The fourth-order valence-corrected chi connectivity index (χ4v) is 2.19. The average molecular weight is 265 g/mol. The maximum atomic E-state index is 11.7. The molecule has 0 radical (unpaired) electrons. The van der Waals surface area contributed by atoms with Crippen LogP contribution in [0.3, 0.4) is 0 Å². The van der Waals surface area contributed by atoms with E-state index in [0.29, 0.717) is 5.75 Å². The number of esters is 1. The second kappa shape index (κ2) is 5.69. The summed E-state index contributed by atoms with van der Waals surface area (Å²) < 4.78 is 10.4. The number of carbonyl (C=O) groups is 1. The van der Waals surface area contributed by atoms with Gasteiger partial charge in [-0.25, -0.2) is 4.79 Å². The van der Waals surface area contributed by atoms with Crippen LogP contribution in [-0.2, 0) is 4.74 Å². The number of hydrogen-bond donors (Lipinski definition) is 0. The Morgan fingerprint density at radius 3 is 2.63 bits per heavy atom. The Hall–Kier alpha value is -2.11. The van der Waals surface area contributed by atoms with Crippen molar-refractivity contribution in [1.82, 2.24) is 0 Å². The van der Waals surface area contributed by atoms with Gasteiger partial charge in [-0.3, -0.25) is 10.1 Å². The summed E-state index contributed by atoms with van der Waals surface area (Å²) in [4.78, 5) is 21.8. The topological polar surface area (TPSA) is 78.7 Å². The van der Waals surface area contributed by atoms with Crippen LogP contribution in [0.2, 0.25) is 0 Å². The minimum atomic E-state index is -0.628. The lowest BCUT2D eigenvalue weighted by Crippen LogP contribution is -2.14. The fraction of sp³-hybridized carbons (Fsp3) is 0.462. The fourth-order valence-electron chi connectivity index (χ4n) is 2.19. The first-order valence-electron chi connectivity index (χ1n) is 6.15. The standard InChI is InChI=1S/C13H15NO5/c1-18-13(15)11-8-9(14(16)17)6-7-12(11)19-10-4-2-3-5-10/h6-8,10H,2-5H2,1H3. The number of rotatable bonds is 4. The monoisotopic (exact) mass is 265 g/mol. The second-order valence-corrected chi connectivity index (χ2v) is 4.45. The Morgan fingerprint density at radius 1 is 1.37 bits per heavy atom. The molecule has 1 saturated carbocycles. The Kier molecular flexibility index (Phi) is 3.99. The summed E-state index contributed by atoms with van der Waals surface area (Å²) >= 11 is 0. The number of nitro benzene ring substituents is 1. The predicted molar refractivity (Wildman–Crippen MR) is 67.3 cm³/mol. The van der Waals surface area contributed by atoms with Crippen LogP contribution in [0, 0.1) is 10.1 Å². The van der Waals surface area contributed by atoms with E-state index in [1.54, 1.807) is 0 Å². The average Bonchev–Trinajstić information content (AvgIpc) is 2.91. The molecule has 102 valence electrons. The number of methoxy groups -OCH3 is 1. The highest BCUT2D eigenvalue weighted by Crippen LogP contribution is 2.29. The van der Waals surface area contributed by atoms with E-state index in [2.05, 4.69) is 4.74 Å². The van der Waals surface area contributed by atoms with Gasteiger partial charge in [-0.05, 0) is 31.7 Å². The maximum Gasteiger partial charge on any atom is 0.341 e. The molecule has 6 heteroatoms. The summed E-state index contributed by atoms with van der Waals surface area (Å²) in [5.41, 5.74) is -0.0530. The molecule has 1 fully saturated rings. The zero-order chi connectivity index (χ0) is 13.8. The number of nitrogens with zero attached hydrogens (tertiary/aromatic N) is 1. The number of carbonyl (C=O) groups excluding carboxylic acids is 1. The normalized spacial score (nSPS) is 15.2. The molecule has 0 aromatic heterocycles. The van der Waals surface area contributed by atoms with Crippen molar-refractivity contribution in [3.05, 3.63) is 33.9 Å². The summed E-state index contributed by atoms with van der Waals surface area (Å²) in [6.07, 6.45) is 4.16. The van der Waals surface area contributed by atoms with E-state index < -0.39 is 10.9 Å². The van der Waals surface area contributed by atoms with Crippen LogP contribution >= 0.6 is 0 Å². The van der Waals surface area contributed by atoms with Crippen LogP contribution in [0.25, 0.3) is 0 Å². The van der Waals surface area contributed by atoms with E-state index in [1.807, 2.05) is 0 Å². The van der Waals surface area contributed by atoms with Gasteiger partial charge in [0, 0.05) is 12.1 Å². The van der Waals surface area contributed by atoms with Crippen LogP contribution < -0.4 is 4.74 Å². The van der Waals surface area contributed by atoms with Crippen molar-refractivity contribution in [2.24, 2.45) is 0 Å². The summed E-state index contributed by atoms with van der Waals surface area (Å²) in [5.74, 6) is -0.277. The lowest BCUT2D eigenvalue weighted by atomic mass is 10.1. The van der Waals surface area contributed by atoms with E-state index in [4.69, 9.17) is 4.74 Å². The molecule has 1 aliphatic rings. The number of non-ortho nitro benzene ring substituents is 1. The Balaban J connectivity index is 2.29. The second-order valence-electron chi connectivity index (χ2n) is 4.45. The van der Waals surface area contributed by atoms with Crippen LogP contribution in [0.15, 0.2) is 18.2 Å². The van der Waals surface area contributed by atoms with Gasteiger partial charge in [-0.2, -0.15) is 0 Å². The van der Waals surface area contributed by atoms with Gasteiger partial charge in [-0.15, -0.1) is 0 Å². The Labute approximate surface area is 110 Å². The summed E-state index contributed by atoms with van der Waals surface area (Å²) in [6.45, 7) is 0. The number of nitro groups is 1. The van der Waals surface area contributed by atoms with Crippen molar-refractivity contribution in [3.63, 3.8) is 0 Å². The molecule has 0 amide bonds. The van der Waals surface area contributed by atoms with E-state index in [-0.39, 0.29) is 17.4 Å². The minimum absolute atomic E-state index is 0.0739. The number of hydrogen-bond acceptors (Lipinski definition) is 5.